The summed E-state index contributed by atoms with van der Waals surface area (Å²) in [4.78, 5) is 21.0. The molecule has 0 atom stereocenters. The van der Waals surface area contributed by atoms with Crippen molar-refractivity contribution in [2.45, 2.75) is 6.61 Å². The number of carbonyl (C=O) groups excluding carboxylic acids is 1. The molecule has 0 aliphatic heterocycles. The van der Waals surface area contributed by atoms with Gasteiger partial charge in [-0.05, 0) is 18.2 Å². The van der Waals surface area contributed by atoms with Crippen LogP contribution in [0.3, 0.4) is 0 Å². The molecule has 2 rings (SSSR count). The van der Waals surface area contributed by atoms with Gasteiger partial charge in [-0.1, -0.05) is 12.1 Å². The van der Waals surface area contributed by atoms with Crippen LogP contribution < -0.4 is 9.47 Å². The topological polar surface area (TPSA) is 78.7 Å². The zero-order valence-electron chi connectivity index (χ0n) is 11.3. The normalized spacial score (nSPS) is 9.95. The smallest absolute Gasteiger partial charge is 0.270 e. The van der Waals surface area contributed by atoms with Crippen LogP contribution in [0.5, 0.6) is 11.5 Å². The number of non-ortho nitro benzene ring substituents is 1. The second-order valence-electron chi connectivity index (χ2n) is 4.23. The number of ether oxygens (including phenoxy) is 2. The Hall–Kier alpha value is -2.89. The first-order valence-electron chi connectivity index (χ1n) is 6.13. The molecule has 2 aromatic rings. The maximum Gasteiger partial charge on any atom is 0.270 e. The highest BCUT2D eigenvalue weighted by Crippen LogP contribution is 2.25. The maximum atomic E-state index is 10.8. The van der Waals surface area contributed by atoms with Crippen LogP contribution in [0.2, 0.25) is 0 Å². The quantitative estimate of drug-likeness (QED) is 0.463. The second-order valence-corrected chi connectivity index (χ2v) is 4.23. The molecule has 0 radical (unpaired) electrons. The third-order valence-corrected chi connectivity index (χ3v) is 2.86. The third-order valence-electron chi connectivity index (χ3n) is 2.86. The molecule has 0 amide bonds. The van der Waals surface area contributed by atoms with Crippen molar-refractivity contribution in [2.75, 3.05) is 7.11 Å². The number of benzene rings is 2. The Morgan fingerprint density at radius 3 is 2.71 bits per heavy atom. The van der Waals surface area contributed by atoms with Gasteiger partial charge in [0.1, 0.15) is 24.4 Å². The van der Waals surface area contributed by atoms with Crippen molar-refractivity contribution in [3.05, 3.63) is 63.7 Å². The van der Waals surface area contributed by atoms with E-state index in [4.69, 9.17) is 9.47 Å². The number of hydrogen-bond acceptors (Lipinski definition) is 5. The van der Waals surface area contributed by atoms with Crippen LogP contribution in [0.4, 0.5) is 5.69 Å². The molecule has 0 N–H and O–H groups in total. The molecule has 0 spiro atoms. The molecule has 108 valence electrons. The highest BCUT2D eigenvalue weighted by Gasteiger charge is 2.12. The Bertz CT molecular complexity index is 669. The van der Waals surface area contributed by atoms with E-state index < -0.39 is 4.92 Å². The molecule has 0 saturated carbocycles. The summed E-state index contributed by atoms with van der Waals surface area (Å²) in [5.41, 5.74) is 1.03. The monoisotopic (exact) mass is 287 g/mol. The molecule has 0 aromatic heterocycles. The summed E-state index contributed by atoms with van der Waals surface area (Å²) in [5.74, 6) is 1.01. The molecule has 0 heterocycles. The van der Waals surface area contributed by atoms with Gasteiger partial charge in [0.05, 0.1) is 12.0 Å². The highest BCUT2D eigenvalue weighted by molar-refractivity contribution is 5.75. The molecule has 0 unspecified atom stereocenters. The standard InChI is InChI=1S/C15H13NO5/c1-20-15-6-5-13(16(18)19)8-12(15)10-21-14-4-2-3-11(7-14)9-17/h2-9H,10H2,1H3. The van der Waals surface area contributed by atoms with Crippen LogP contribution in [0.15, 0.2) is 42.5 Å². The highest BCUT2D eigenvalue weighted by atomic mass is 16.6. The van der Waals surface area contributed by atoms with E-state index in [-0.39, 0.29) is 12.3 Å². The maximum absolute atomic E-state index is 10.8. The van der Waals surface area contributed by atoms with Crippen LogP contribution >= 0.6 is 0 Å². The molecule has 0 saturated heterocycles. The van der Waals surface area contributed by atoms with Crippen molar-refractivity contribution in [1.82, 2.24) is 0 Å². The van der Waals surface area contributed by atoms with E-state index in [2.05, 4.69) is 0 Å². The largest absolute Gasteiger partial charge is 0.496 e. The fourth-order valence-corrected chi connectivity index (χ4v) is 1.83. The van der Waals surface area contributed by atoms with Gasteiger partial charge in [-0.2, -0.15) is 0 Å². The first-order valence-corrected chi connectivity index (χ1v) is 6.13. The van der Waals surface area contributed by atoms with Crippen LogP contribution in [0.25, 0.3) is 0 Å². The van der Waals surface area contributed by atoms with Crippen LogP contribution in [0, 0.1) is 10.1 Å². The van der Waals surface area contributed by atoms with E-state index in [1.807, 2.05) is 0 Å². The summed E-state index contributed by atoms with van der Waals surface area (Å²) < 4.78 is 10.7. The van der Waals surface area contributed by atoms with Crippen molar-refractivity contribution >= 4 is 12.0 Å². The molecule has 6 nitrogen and oxygen atoms in total. The lowest BCUT2D eigenvalue weighted by molar-refractivity contribution is -0.385. The number of carbonyl (C=O) groups is 1. The van der Waals surface area contributed by atoms with Crippen molar-refractivity contribution in [1.29, 1.82) is 0 Å². The van der Waals surface area contributed by atoms with Gasteiger partial charge in [-0.3, -0.25) is 14.9 Å². The van der Waals surface area contributed by atoms with Crippen molar-refractivity contribution < 1.29 is 19.2 Å². The Morgan fingerprint density at radius 2 is 2.05 bits per heavy atom. The minimum absolute atomic E-state index is 0.0314. The van der Waals surface area contributed by atoms with Gasteiger partial charge in [-0.25, -0.2) is 0 Å². The first kappa shape index (κ1) is 14.5. The van der Waals surface area contributed by atoms with Crippen LogP contribution in [0.1, 0.15) is 15.9 Å². The predicted molar refractivity (Wildman–Crippen MR) is 75.8 cm³/mol. The van der Waals surface area contributed by atoms with Crippen molar-refractivity contribution in [2.24, 2.45) is 0 Å². The average Bonchev–Trinajstić information content (AvgIpc) is 2.52. The second kappa shape index (κ2) is 6.51. The zero-order valence-corrected chi connectivity index (χ0v) is 11.3. The van der Waals surface area contributed by atoms with E-state index in [0.29, 0.717) is 22.6 Å². The van der Waals surface area contributed by atoms with E-state index in [1.54, 1.807) is 24.3 Å². The number of aldehydes is 1. The SMILES string of the molecule is COc1ccc([N+](=O)[O-])cc1COc1cccc(C=O)c1. The Kier molecular flexibility index (Phi) is 4.50. The van der Waals surface area contributed by atoms with Crippen molar-refractivity contribution in [3.8, 4) is 11.5 Å². The minimum atomic E-state index is -0.476. The third kappa shape index (κ3) is 3.56. The van der Waals surface area contributed by atoms with E-state index >= 15 is 0 Å². The van der Waals surface area contributed by atoms with Crippen LogP contribution in [-0.4, -0.2) is 18.3 Å². The number of hydrogen-bond donors (Lipinski definition) is 0. The number of nitrogens with zero attached hydrogens (tertiary/aromatic N) is 1. The summed E-state index contributed by atoms with van der Waals surface area (Å²) in [6.07, 6.45) is 0.723. The summed E-state index contributed by atoms with van der Waals surface area (Å²) in [6.45, 7) is 0.104. The van der Waals surface area contributed by atoms with E-state index in [9.17, 15) is 14.9 Å². The van der Waals surface area contributed by atoms with Gasteiger partial charge in [0.25, 0.3) is 5.69 Å². The average molecular weight is 287 g/mol. The fraction of sp³-hybridized carbons (Fsp3) is 0.133. The molecule has 0 aliphatic carbocycles. The van der Waals surface area contributed by atoms with E-state index in [0.717, 1.165) is 6.29 Å². The lowest BCUT2D eigenvalue weighted by Crippen LogP contribution is -2.00. The molecular weight excluding hydrogens is 274 g/mol. The lowest BCUT2D eigenvalue weighted by atomic mass is 10.2. The molecule has 0 fully saturated rings. The summed E-state index contributed by atoms with van der Waals surface area (Å²) in [7, 11) is 1.48. The van der Waals surface area contributed by atoms with Gasteiger partial charge < -0.3 is 9.47 Å². The van der Waals surface area contributed by atoms with Gasteiger partial charge in [-0.15, -0.1) is 0 Å². The van der Waals surface area contributed by atoms with Crippen molar-refractivity contribution in [3.63, 3.8) is 0 Å². The zero-order chi connectivity index (χ0) is 15.2. The van der Waals surface area contributed by atoms with Crippen LogP contribution in [-0.2, 0) is 6.61 Å². The summed E-state index contributed by atoms with van der Waals surface area (Å²) >= 11 is 0. The first-order chi connectivity index (χ1) is 10.1. The summed E-state index contributed by atoms with van der Waals surface area (Å²) in [6, 6.07) is 11.0. The Balaban J connectivity index is 2.19. The Labute approximate surface area is 121 Å². The van der Waals surface area contributed by atoms with E-state index in [1.165, 1.54) is 25.3 Å². The number of methoxy groups -OCH3 is 1. The number of nitro groups is 1. The fourth-order valence-electron chi connectivity index (χ4n) is 1.83. The van der Waals surface area contributed by atoms with Gasteiger partial charge in [0.2, 0.25) is 0 Å². The molecule has 0 bridgehead atoms. The van der Waals surface area contributed by atoms with Gasteiger partial charge in [0, 0.05) is 23.3 Å². The van der Waals surface area contributed by atoms with Gasteiger partial charge >= 0.3 is 0 Å². The molecule has 21 heavy (non-hydrogen) atoms. The molecule has 0 aliphatic rings. The summed E-state index contributed by atoms with van der Waals surface area (Å²) in [5, 5.41) is 10.8. The number of rotatable bonds is 6. The molecule has 2 aromatic carbocycles. The Morgan fingerprint density at radius 1 is 1.24 bits per heavy atom. The molecule has 6 heteroatoms. The molecular formula is C15H13NO5. The predicted octanol–water partition coefficient (Wildman–Crippen LogP) is 2.99. The lowest BCUT2D eigenvalue weighted by Gasteiger charge is -2.10. The number of nitro benzene ring substituents is 1. The minimum Gasteiger partial charge on any atom is -0.496 e. The van der Waals surface area contributed by atoms with Gasteiger partial charge in [0.15, 0.2) is 0 Å².